The molecular formula is C30H36F6N4O2. The first-order valence-electron chi connectivity index (χ1n) is 14.2. The highest BCUT2D eigenvalue weighted by molar-refractivity contribution is 5.77. The predicted molar refractivity (Wildman–Crippen MR) is 145 cm³/mol. The van der Waals surface area contributed by atoms with Gasteiger partial charge in [-0.2, -0.15) is 26.3 Å². The van der Waals surface area contributed by atoms with Crippen molar-refractivity contribution in [2.45, 2.75) is 51.1 Å². The summed E-state index contributed by atoms with van der Waals surface area (Å²) in [5, 5.41) is 0. The zero-order chi connectivity index (χ0) is 30.3. The van der Waals surface area contributed by atoms with Crippen LogP contribution >= 0.6 is 0 Å². The number of hydrogen-bond donors (Lipinski definition) is 0. The molecule has 6 nitrogen and oxygen atoms in total. The van der Waals surface area contributed by atoms with Crippen LogP contribution in [0.15, 0.2) is 48.5 Å². The van der Waals surface area contributed by atoms with Gasteiger partial charge in [-0.3, -0.25) is 19.4 Å². The topological polar surface area (TPSA) is 47.1 Å². The van der Waals surface area contributed by atoms with Crippen LogP contribution in [0.2, 0.25) is 0 Å². The average molecular weight is 599 g/mol. The number of alkyl halides is 6. The van der Waals surface area contributed by atoms with Crippen molar-refractivity contribution in [1.29, 1.82) is 0 Å². The molecule has 230 valence electrons. The largest absolute Gasteiger partial charge is 0.416 e. The molecule has 2 aromatic carbocycles. The van der Waals surface area contributed by atoms with Gasteiger partial charge in [-0.1, -0.05) is 24.3 Å². The van der Waals surface area contributed by atoms with Gasteiger partial charge in [0.2, 0.25) is 11.8 Å². The van der Waals surface area contributed by atoms with E-state index in [-0.39, 0.29) is 11.8 Å². The molecule has 0 spiro atoms. The minimum absolute atomic E-state index is 0.0495. The number of unbranched alkanes of at least 4 members (excludes halogenated alkanes) is 1. The Morgan fingerprint density at radius 2 is 0.833 bits per heavy atom. The van der Waals surface area contributed by atoms with Crippen molar-refractivity contribution in [1.82, 2.24) is 19.6 Å². The summed E-state index contributed by atoms with van der Waals surface area (Å²) in [5.41, 5.74) is 0.266. The van der Waals surface area contributed by atoms with Gasteiger partial charge in [0.1, 0.15) is 0 Å². The minimum atomic E-state index is -4.35. The molecule has 0 saturated carbocycles. The van der Waals surface area contributed by atoms with E-state index < -0.39 is 23.5 Å². The molecule has 12 heteroatoms. The fourth-order valence-corrected chi connectivity index (χ4v) is 5.29. The Morgan fingerprint density at radius 3 is 1.12 bits per heavy atom. The first-order valence-corrected chi connectivity index (χ1v) is 14.2. The Balaban J connectivity index is 1.08. The molecule has 0 bridgehead atoms. The Bertz CT molecular complexity index is 1070. The molecule has 0 N–H and O–H groups in total. The third-order valence-corrected chi connectivity index (χ3v) is 7.86. The number of rotatable bonds is 9. The summed E-state index contributed by atoms with van der Waals surface area (Å²) in [6, 6.07) is 10.3. The lowest BCUT2D eigenvalue weighted by Crippen LogP contribution is -2.48. The van der Waals surface area contributed by atoms with E-state index in [0.29, 0.717) is 91.1 Å². The van der Waals surface area contributed by atoms with E-state index in [0.717, 1.165) is 35.4 Å². The first kappa shape index (κ1) is 31.8. The first-order chi connectivity index (χ1) is 19.9. The van der Waals surface area contributed by atoms with Crippen molar-refractivity contribution in [2.24, 2.45) is 0 Å². The summed E-state index contributed by atoms with van der Waals surface area (Å²) < 4.78 is 76.5. The Morgan fingerprint density at radius 1 is 0.524 bits per heavy atom. The van der Waals surface area contributed by atoms with Crippen LogP contribution in [0.5, 0.6) is 0 Å². The van der Waals surface area contributed by atoms with E-state index in [1.165, 1.54) is 24.3 Å². The van der Waals surface area contributed by atoms with Crippen molar-refractivity contribution in [3.05, 3.63) is 70.8 Å². The SMILES string of the molecule is O=C(CCCCC(=O)N1CCN(Cc2ccc(C(F)(F)F)cc2)CC1)N1CCN(Cc2ccc(C(F)(F)F)cc2)CC1. The second-order valence-electron chi connectivity index (χ2n) is 10.9. The number of piperazine rings is 2. The molecule has 42 heavy (non-hydrogen) atoms. The normalized spacial score (nSPS) is 17.5. The number of halogens is 6. The Labute approximate surface area is 241 Å². The van der Waals surface area contributed by atoms with Crippen LogP contribution in [0, 0.1) is 0 Å². The van der Waals surface area contributed by atoms with Crippen LogP contribution in [0.1, 0.15) is 47.9 Å². The van der Waals surface area contributed by atoms with Crippen molar-refractivity contribution in [3.63, 3.8) is 0 Å². The molecule has 2 fully saturated rings. The fraction of sp³-hybridized carbons (Fsp3) is 0.533. The molecule has 0 aromatic heterocycles. The number of nitrogens with zero attached hydrogens (tertiary/aromatic N) is 4. The molecule has 2 aliphatic heterocycles. The zero-order valence-corrected chi connectivity index (χ0v) is 23.4. The van der Waals surface area contributed by atoms with Crippen molar-refractivity contribution in [3.8, 4) is 0 Å². The average Bonchev–Trinajstić information content (AvgIpc) is 2.95. The van der Waals surface area contributed by atoms with Gasteiger partial charge in [0, 0.05) is 78.3 Å². The second-order valence-corrected chi connectivity index (χ2v) is 10.9. The van der Waals surface area contributed by atoms with E-state index in [2.05, 4.69) is 9.80 Å². The maximum Gasteiger partial charge on any atom is 0.416 e. The molecule has 0 aliphatic carbocycles. The fourth-order valence-electron chi connectivity index (χ4n) is 5.29. The number of amides is 2. The lowest BCUT2D eigenvalue weighted by Gasteiger charge is -2.35. The van der Waals surface area contributed by atoms with Crippen LogP contribution < -0.4 is 0 Å². The minimum Gasteiger partial charge on any atom is -0.340 e. The Kier molecular flexibility index (Phi) is 10.5. The molecule has 2 amide bonds. The maximum atomic E-state index is 12.7. The van der Waals surface area contributed by atoms with Gasteiger partial charge in [-0.25, -0.2) is 0 Å². The molecule has 0 atom stereocenters. The molecule has 2 aromatic rings. The predicted octanol–water partition coefficient (Wildman–Crippen LogP) is 5.27. The van der Waals surface area contributed by atoms with E-state index in [1.54, 1.807) is 9.80 Å². The summed E-state index contributed by atoms with van der Waals surface area (Å²) in [7, 11) is 0. The lowest BCUT2D eigenvalue weighted by molar-refractivity contribution is -0.138. The number of hydrogen-bond acceptors (Lipinski definition) is 4. The van der Waals surface area contributed by atoms with Crippen LogP contribution in [-0.4, -0.2) is 83.8 Å². The highest BCUT2D eigenvalue weighted by Gasteiger charge is 2.31. The molecule has 2 heterocycles. The highest BCUT2D eigenvalue weighted by atomic mass is 19.4. The molecule has 2 saturated heterocycles. The monoisotopic (exact) mass is 598 g/mol. The van der Waals surface area contributed by atoms with E-state index >= 15 is 0 Å². The number of carbonyl (C=O) groups is 2. The quantitative estimate of drug-likeness (QED) is 0.292. The number of benzene rings is 2. The zero-order valence-electron chi connectivity index (χ0n) is 23.4. The van der Waals surface area contributed by atoms with Crippen molar-refractivity contribution < 1.29 is 35.9 Å². The van der Waals surface area contributed by atoms with E-state index in [1.807, 2.05) is 0 Å². The van der Waals surface area contributed by atoms with Crippen LogP contribution in [0.4, 0.5) is 26.3 Å². The number of carbonyl (C=O) groups excluding carboxylic acids is 2. The van der Waals surface area contributed by atoms with Gasteiger partial charge in [0.15, 0.2) is 0 Å². The molecule has 0 radical (unpaired) electrons. The van der Waals surface area contributed by atoms with Crippen LogP contribution in [-0.2, 0) is 35.0 Å². The van der Waals surface area contributed by atoms with Gasteiger partial charge in [0.25, 0.3) is 0 Å². The summed E-state index contributed by atoms with van der Waals surface area (Å²) in [6.07, 6.45) is -6.73. The summed E-state index contributed by atoms with van der Waals surface area (Å²) in [6.45, 7) is 5.92. The molecule has 4 rings (SSSR count). The summed E-state index contributed by atoms with van der Waals surface area (Å²) in [5.74, 6) is 0.0991. The standard InChI is InChI=1S/C30H36F6N4O2/c31-29(32,33)25-9-5-23(6-10-25)21-37-13-17-39(18-14-37)27(41)3-1-2-4-28(42)40-19-15-38(16-20-40)22-24-7-11-26(12-8-24)30(34,35)36/h5-12H,1-4,13-22H2. The Hall–Kier alpha value is -3.12. The molecule has 2 aliphatic rings. The second kappa shape index (κ2) is 13.9. The van der Waals surface area contributed by atoms with Gasteiger partial charge in [-0.05, 0) is 48.2 Å². The third kappa shape index (κ3) is 9.19. The van der Waals surface area contributed by atoms with Crippen LogP contribution in [0.25, 0.3) is 0 Å². The van der Waals surface area contributed by atoms with Crippen molar-refractivity contribution in [2.75, 3.05) is 52.4 Å². The van der Waals surface area contributed by atoms with Gasteiger partial charge in [0.05, 0.1) is 11.1 Å². The maximum absolute atomic E-state index is 12.7. The van der Waals surface area contributed by atoms with E-state index in [9.17, 15) is 35.9 Å². The highest BCUT2D eigenvalue weighted by Crippen LogP contribution is 2.30. The molecular weight excluding hydrogens is 562 g/mol. The van der Waals surface area contributed by atoms with E-state index in [4.69, 9.17) is 0 Å². The van der Waals surface area contributed by atoms with Gasteiger partial charge < -0.3 is 9.80 Å². The third-order valence-electron chi connectivity index (χ3n) is 7.86. The van der Waals surface area contributed by atoms with Gasteiger partial charge >= 0.3 is 12.4 Å². The lowest BCUT2D eigenvalue weighted by atomic mass is 10.1. The van der Waals surface area contributed by atoms with Crippen molar-refractivity contribution >= 4 is 11.8 Å². The smallest absolute Gasteiger partial charge is 0.340 e. The van der Waals surface area contributed by atoms with Gasteiger partial charge in [-0.15, -0.1) is 0 Å². The summed E-state index contributed by atoms with van der Waals surface area (Å²) in [4.78, 5) is 33.1. The summed E-state index contributed by atoms with van der Waals surface area (Å²) >= 11 is 0. The van der Waals surface area contributed by atoms with Crippen LogP contribution in [0.3, 0.4) is 0 Å². The molecule has 0 unspecified atom stereocenters.